The molecule has 1 aromatic heterocycles. The van der Waals surface area contributed by atoms with Gasteiger partial charge in [-0.05, 0) is 73.5 Å². The quantitative estimate of drug-likeness (QED) is 0.350. The number of sulfone groups is 1. The molecule has 0 spiro atoms. The van der Waals surface area contributed by atoms with Crippen LogP contribution >= 0.6 is 0 Å². The Kier molecular flexibility index (Phi) is 7.26. The largest absolute Gasteiger partial charge is 0.491 e. The fourth-order valence-corrected chi connectivity index (χ4v) is 4.77. The van der Waals surface area contributed by atoms with Crippen LogP contribution in [0.25, 0.3) is 10.9 Å². The number of fused-ring (bicyclic) bond motifs is 1. The first kappa shape index (κ1) is 24.5. The van der Waals surface area contributed by atoms with Crippen molar-refractivity contribution in [3.05, 3.63) is 95.7 Å². The van der Waals surface area contributed by atoms with Crippen molar-refractivity contribution >= 4 is 26.6 Å². The number of nitrogens with one attached hydrogen (secondary N) is 1. The smallest absolute Gasteiger partial charge is 0.251 e. The van der Waals surface area contributed by atoms with Gasteiger partial charge in [0.1, 0.15) is 5.75 Å². The minimum absolute atomic E-state index is 0.0623. The van der Waals surface area contributed by atoms with Crippen molar-refractivity contribution in [1.82, 2.24) is 9.88 Å². The number of rotatable bonds is 9. The third-order valence-corrected chi connectivity index (χ3v) is 7.55. The second-order valence-electron chi connectivity index (χ2n) is 8.76. The van der Waals surface area contributed by atoms with Gasteiger partial charge in [-0.3, -0.25) is 4.79 Å². The fourth-order valence-electron chi connectivity index (χ4n) is 3.89. The van der Waals surface area contributed by atoms with Gasteiger partial charge in [0.2, 0.25) is 0 Å². The summed E-state index contributed by atoms with van der Waals surface area (Å²) in [5, 5.41) is 3.90. The minimum atomic E-state index is -3.23. The summed E-state index contributed by atoms with van der Waals surface area (Å²) in [5.74, 6) is 0.747. The molecule has 1 heterocycles. The van der Waals surface area contributed by atoms with Crippen molar-refractivity contribution in [2.75, 3.05) is 5.75 Å². The van der Waals surface area contributed by atoms with E-state index in [1.807, 2.05) is 56.4 Å². The first-order valence-electron chi connectivity index (χ1n) is 11.7. The van der Waals surface area contributed by atoms with Crippen LogP contribution in [0.1, 0.15) is 42.3 Å². The van der Waals surface area contributed by atoms with Crippen LogP contribution in [-0.4, -0.2) is 30.7 Å². The zero-order valence-corrected chi connectivity index (χ0v) is 21.0. The summed E-state index contributed by atoms with van der Waals surface area (Å²) < 4.78 is 31.8. The first-order valence-corrected chi connectivity index (χ1v) is 13.3. The summed E-state index contributed by atoms with van der Waals surface area (Å²) >= 11 is 0. The highest BCUT2D eigenvalue weighted by atomic mass is 32.2. The lowest BCUT2D eigenvalue weighted by Gasteiger charge is -2.11. The molecular weight excluding hydrogens is 460 g/mol. The molecule has 0 aliphatic carbocycles. The van der Waals surface area contributed by atoms with Gasteiger partial charge in [0.15, 0.2) is 9.84 Å². The van der Waals surface area contributed by atoms with Crippen LogP contribution < -0.4 is 10.1 Å². The highest BCUT2D eigenvalue weighted by molar-refractivity contribution is 7.91. The molecule has 3 aromatic carbocycles. The van der Waals surface area contributed by atoms with Crippen LogP contribution in [0.4, 0.5) is 0 Å². The zero-order valence-electron chi connectivity index (χ0n) is 20.2. The molecule has 4 aromatic rings. The Bertz CT molecular complexity index is 1420. The van der Waals surface area contributed by atoms with Gasteiger partial charge in [-0.25, -0.2) is 8.42 Å². The lowest BCUT2D eigenvalue weighted by Crippen LogP contribution is -2.22. The number of benzene rings is 3. The van der Waals surface area contributed by atoms with Gasteiger partial charge >= 0.3 is 0 Å². The molecule has 0 unspecified atom stereocenters. The predicted octanol–water partition coefficient (Wildman–Crippen LogP) is 5.20. The van der Waals surface area contributed by atoms with Gasteiger partial charge in [0, 0.05) is 35.8 Å². The molecule has 0 saturated carbocycles. The highest BCUT2D eigenvalue weighted by Crippen LogP contribution is 2.21. The van der Waals surface area contributed by atoms with E-state index in [1.165, 1.54) is 0 Å². The lowest BCUT2D eigenvalue weighted by molar-refractivity contribution is 0.0951. The van der Waals surface area contributed by atoms with E-state index in [4.69, 9.17) is 4.74 Å². The number of carbonyl (C=O) groups is 1. The molecule has 0 fully saturated rings. The third-order valence-electron chi connectivity index (χ3n) is 5.80. The molecule has 1 N–H and O–H groups in total. The molecule has 0 atom stereocenters. The lowest BCUT2D eigenvalue weighted by atomic mass is 10.1. The van der Waals surface area contributed by atoms with Crippen LogP contribution in [0.2, 0.25) is 0 Å². The normalized spacial score (nSPS) is 11.7. The maximum atomic E-state index is 12.7. The number of amides is 1. The van der Waals surface area contributed by atoms with Gasteiger partial charge in [-0.15, -0.1) is 0 Å². The van der Waals surface area contributed by atoms with E-state index >= 15 is 0 Å². The molecule has 0 aliphatic rings. The number of hydrogen-bond acceptors (Lipinski definition) is 4. The number of carbonyl (C=O) groups excluding carboxylic acids is 1. The van der Waals surface area contributed by atoms with Crippen molar-refractivity contribution in [2.45, 2.75) is 44.9 Å². The van der Waals surface area contributed by atoms with Gasteiger partial charge < -0.3 is 14.6 Å². The third kappa shape index (κ3) is 5.92. The molecule has 0 aliphatic heterocycles. The van der Waals surface area contributed by atoms with Gasteiger partial charge in [0.05, 0.1) is 16.8 Å². The van der Waals surface area contributed by atoms with Crippen LogP contribution in [-0.2, 0) is 22.9 Å². The van der Waals surface area contributed by atoms with E-state index in [0.717, 1.165) is 34.3 Å². The molecule has 0 saturated heterocycles. The topological polar surface area (TPSA) is 77.4 Å². The summed E-state index contributed by atoms with van der Waals surface area (Å²) in [6, 6.07) is 22.4. The predicted molar refractivity (Wildman–Crippen MR) is 139 cm³/mol. The van der Waals surface area contributed by atoms with E-state index in [-0.39, 0.29) is 17.8 Å². The van der Waals surface area contributed by atoms with Crippen LogP contribution in [0.5, 0.6) is 5.75 Å². The number of nitrogens with zero attached hydrogens (tertiary/aromatic N) is 1. The molecule has 35 heavy (non-hydrogen) atoms. The Hall–Kier alpha value is -3.58. The number of ether oxygens (including phenoxy) is 1. The van der Waals surface area contributed by atoms with E-state index in [1.54, 1.807) is 31.2 Å². The Balaban J connectivity index is 1.40. The summed E-state index contributed by atoms with van der Waals surface area (Å²) in [5.41, 5.74) is 3.64. The van der Waals surface area contributed by atoms with E-state index in [2.05, 4.69) is 22.0 Å². The summed E-state index contributed by atoms with van der Waals surface area (Å²) in [6.45, 7) is 6.68. The number of hydrogen-bond donors (Lipinski definition) is 1. The molecule has 0 bridgehead atoms. The van der Waals surface area contributed by atoms with E-state index < -0.39 is 9.84 Å². The molecular formula is C28H30N2O4S. The molecule has 4 rings (SSSR count). The Morgan fingerprint density at radius 3 is 2.29 bits per heavy atom. The SMILES string of the molecule is CCS(=O)(=O)c1ccc(CNC(=O)c2ccc3c(ccn3Cc3ccc(OC(C)C)cc3)c2)cc1. The van der Waals surface area contributed by atoms with Crippen molar-refractivity contribution in [3.8, 4) is 5.75 Å². The van der Waals surface area contributed by atoms with Crippen LogP contribution in [0, 0.1) is 0 Å². The second-order valence-corrected chi connectivity index (χ2v) is 11.0. The average Bonchev–Trinajstić information content (AvgIpc) is 3.25. The standard InChI is InChI=1S/C28H30N2O4S/c1-4-35(32,33)26-12-7-21(8-13-26)18-29-28(31)24-9-14-27-23(17-24)15-16-30(27)19-22-5-10-25(11-6-22)34-20(2)3/h5-17,20H,4,18-19H2,1-3H3,(H,29,31). The van der Waals surface area contributed by atoms with Crippen molar-refractivity contribution in [1.29, 1.82) is 0 Å². The Morgan fingerprint density at radius 2 is 1.63 bits per heavy atom. The van der Waals surface area contributed by atoms with Crippen LogP contribution in [0.15, 0.2) is 83.9 Å². The van der Waals surface area contributed by atoms with Crippen molar-refractivity contribution < 1.29 is 17.9 Å². The maximum Gasteiger partial charge on any atom is 0.251 e. The molecule has 7 heteroatoms. The molecule has 182 valence electrons. The first-order chi connectivity index (χ1) is 16.7. The van der Waals surface area contributed by atoms with Gasteiger partial charge in [-0.2, -0.15) is 0 Å². The zero-order chi connectivity index (χ0) is 25.0. The second kappa shape index (κ2) is 10.4. The average molecular weight is 491 g/mol. The Morgan fingerprint density at radius 1 is 0.943 bits per heavy atom. The van der Waals surface area contributed by atoms with E-state index in [0.29, 0.717) is 17.0 Å². The summed E-state index contributed by atoms with van der Waals surface area (Å²) in [4.78, 5) is 13.0. The number of aromatic nitrogens is 1. The fraction of sp³-hybridized carbons (Fsp3) is 0.250. The van der Waals surface area contributed by atoms with Gasteiger partial charge in [0.25, 0.3) is 5.91 Å². The Labute approximate surface area is 206 Å². The minimum Gasteiger partial charge on any atom is -0.491 e. The van der Waals surface area contributed by atoms with Crippen molar-refractivity contribution in [3.63, 3.8) is 0 Å². The van der Waals surface area contributed by atoms with Crippen LogP contribution in [0.3, 0.4) is 0 Å². The maximum absolute atomic E-state index is 12.7. The molecule has 1 amide bonds. The monoisotopic (exact) mass is 490 g/mol. The molecule has 6 nitrogen and oxygen atoms in total. The van der Waals surface area contributed by atoms with Crippen molar-refractivity contribution in [2.24, 2.45) is 0 Å². The van der Waals surface area contributed by atoms with E-state index in [9.17, 15) is 13.2 Å². The van der Waals surface area contributed by atoms with Gasteiger partial charge in [-0.1, -0.05) is 31.2 Å². The summed E-state index contributed by atoms with van der Waals surface area (Å²) in [6.07, 6.45) is 2.17. The highest BCUT2D eigenvalue weighted by Gasteiger charge is 2.12. The molecule has 0 radical (unpaired) electrons. The summed E-state index contributed by atoms with van der Waals surface area (Å²) in [7, 11) is -3.23.